The average molecular weight is 677 g/mol. The molecule has 0 unspecified atom stereocenters. The van der Waals surface area contributed by atoms with Crippen LogP contribution in [0, 0.1) is 26.7 Å². The first kappa shape index (κ1) is 30.5. The van der Waals surface area contributed by atoms with E-state index in [1.54, 1.807) is 6.08 Å². The van der Waals surface area contributed by atoms with Crippen molar-refractivity contribution in [1.29, 1.82) is 0 Å². The Labute approximate surface area is 257 Å². The number of ether oxygens (including phenoxy) is 1. The standard InChI is InChI=1S/C33H45IN2O5/c1-2-3-4-5-10-30(38)36(21-33-18-22-13-23(19-33)15-24(14-22)20-33)27-16-25(32(40)35-11-12-37)17-29(31(27)39)41-28-9-7-6-8-26(28)34/h2,6-9,17,22-24,27,29,31,37,39H,1,3-5,10-16,18-21H2,(H,35,40)/t22?,23?,24?,27-,29+,31+,33?/m1/s1. The zero-order valence-electron chi connectivity index (χ0n) is 24.0. The van der Waals surface area contributed by atoms with E-state index in [9.17, 15) is 19.8 Å². The lowest BCUT2D eigenvalue weighted by Crippen LogP contribution is -2.59. The third kappa shape index (κ3) is 7.19. The van der Waals surface area contributed by atoms with Crippen molar-refractivity contribution in [2.45, 2.75) is 88.9 Å². The minimum Gasteiger partial charge on any atom is -0.482 e. The van der Waals surface area contributed by atoms with Crippen molar-refractivity contribution in [2.24, 2.45) is 23.2 Å². The van der Waals surface area contributed by atoms with Gasteiger partial charge in [-0.1, -0.05) is 18.2 Å². The number of aliphatic hydroxyl groups is 2. The fourth-order valence-corrected chi connectivity index (χ4v) is 8.92. The third-order valence-electron chi connectivity index (χ3n) is 9.75. The molecule has 2 amide bonds. The van der Waals surface area contributed by atoms with E-state index in [1.165, 1.54) is 19.3 Å². The molecule has 1 aromatic rings. The van der Waals surface area contributed by atoms with Crippen LogP contribution in [-0.4, -0.2) is 64.9 Å². The molecule has 4 saturated carbocycles. The number of hydrogen-bond donors (Lipinski definition) is 3. The molecule has 4 fully saturated rings. The summed E-state index contributed by atoms with van der Waals surface area (Å²) >= 11 is 2.20. The lowest BCUT2D eigenvalue weighted by molar-refractivity contribution is -0.147. The second-order valence-corrected chi connectivity index (χ2v) is 14.1. The van der Waals surface area contributed by atoms with Gasteiger partial charge in [0.1, 0.15) is 18.0 Å². The number of carbonyl (C=O) groups excluding carboxylic acids is 2. The van der Waals surface area contributed by atoms with Crippen LogP contribution in [0.15, 0.2) is 48.6 Å². The summed E-state index contributed by atoms with van der Waals surface area (Å²) in [5.74, 6) is 2.64. The van der Waals surface area contributed by atoms with Crippen LogP contribution in [0.2, 0.25) is 0 Å². The number of nitrogens with zero attached hydrogens (tertiary/aromatic N) is 1. The van der Waals surface area contributed by atoms with E-state index >= 15 is 0 Å². The zero-order valence-corrected chi connectivity index (χ0v) is 26.1. The van der Waals surface area contributed by atoms with Gasteiger partial charge in [0.2, 0.25) is 11.8 Å². The normalized spacial score (nSPS) is 31.8. The van der Waals surface area contributed by atoms with Gasteiger partial charge in [0.15, 0.2) is 0 Å². The third-order valence-corrected chi connectivity index (χ3v) is 10.6. The van der Waals surface area contributed by atoms with E-state index in [2.05, 4.69) is 34.5 Å². The van der Waals surface area contributed by atoms with Gasteiger partial charge in [-0.2, -0.15) is 0 Å². The molecule has 3 N–H and O–H groups in total. The predicted molar refractivity (Wildman–Crippen MR) is 167 cm³/mol. The quantitative estimate of drug-likeness (QED) is 0.155. The number of unbranched alkanes of at least 4 members (excludes halogenated alkanes) is 2. The Morgan fingerprint density at radius 2 is 1.80 bits per heavy atom. The van der Waals surface area contributed by atoms with Gasteiger partial charge in [-0.15, -0.1) is 6.58 Å². The van der Waals surface area contributed by atoms with Crippen molar-refractivity contribution in [1.82, 2.24) is 10.2 Å². The summed E-state index contributed by atoms with van der Waals surface area (Å²) < 4.78 is 7.24. The zero-order chi connectivity index (χ0) is 29.0. The van der Waals surface area contributed by atoms with Crippen LogP contribution < -0.4 is 10.1 Å². The summed E-state index contributed by atoms with van der Waals surface area (Å²) in [5, 5.41) is 23.9. The summed E-state index contributed by atoms with van der Waals surface area (Å²) in [5.41, 5.74) is 0.580. The Kier molecular flexibility index (Phi) is 10.1. The highest BCUT2D eigenvalue weighted by Crippen LogP contribution is 2.60. The number of aliphatic hydroxyl groups excluding tert-OH is 2. The van der Waals surface area contributed by atoms with Crippen molar-refractivity contribution in [3.63, 3.8) is 0 Å². The summed E-state index contributed by atoms with van der Waals surface area (Å²) in [6, 6.07) is 7.04. The van der Waals surface area contributed by atoms with Crippen LogP contribution in [0.4, 0.5) is 0 Å². The molecular formula is C33H45IN2O5. The Morgan fingerprint density at radius 3 is 2.44 bits per heavy atom. The van der Waals surface area contributed by atoms with Crippen molar-refractivity contribution < 1.29 is 24.5 Å². The highest BCUT2D eigenvalue weighted by atomic mass is 127. The number of hydrogen-bond acceptors (Lipinski definition) is 5. The highest BCUT2D eigenvalue weighted by molar-refractivity contribution is 14.1. The maximum Gasteiger partial charge on any atom is 0.247 e. The SMILES string of the molecule is C=CCCCCC(=O)N(CC12CC3CC(CC(C3)C1)C2)[C@@H]1CC(C(=O)NCCO)=C[C@H](Oc2ccccc2I)[C@H]1O. The van der Waals surface area contributed by atoms with Crippen molar-refractivity contribution in [3.05, 3.63) is 52.1 Å². The van der Waals surface area contributed by atoms with Crippen LogP contribution in [0.5, 0.6) is 5.75 Å². The molecule has 0 spiro atoms. The van der Waals surface area contributed by atoms with Crippen LogP contribution in [0.1, 0.15) is 70.6 Å². The van der Waals surface area contributed by atoms with Crippen LogP contribution >= 0.6 is 22.6 Å². The number of allylic oxidation sites excluding steroid dienone is 1. The number of para-hydroxylation sites is 1. The van der Waals surface area contributed by atoms with Crippen LogP contribution in [-0.2, 0) is 9.59 Å². The number of amides is 2. The van der Waals surface area contributed by atoms with Crippen molar-refractivity contribution in [2.75, 3.05) is 19.7 Å². The molecule has 224 valence electrons. The molecule has 1 aromatic carbocycles. The molecule has 6 rings (SSSR count). The average Bonchev–Trinajstić information content (AvgIpc) is 2.94. The van der Waals surface area contributed by atoms with E-state index in [0.29, 0.717) is 24.3 Å². The Hall–Kier alpha value is -1.91. The second kappa shape index (κ2) is 13.6. The largest absolute Gasteiger partial charge is 0.482 e. The molecule has 41 heavy (non-hydrogen) atoms. The number of benzene rings is 1. The molecular weight excluding hydrogens is 631 g/mol. The maximum absolute atomic E-state index is 14.0. The van der Waals surface area contributed by atoms with Crippen LogP contribution in [0.25, 0.3) is 0 Å². The minimum atomic E-state index is -0.980. The predicted octanol–water partition coefficient (Wildman–Crippen LogP) is 5.00. The summed E-state index contributed by atoms with van der Waals surface area (Å²) in [7, 11) is 0. The second-order valence-electron chi connectivity index (χ2n) is 12.9. The van der Waals surface area contributed by atoms with Gasteiger partial charge in [-0.05, 0) is 122 Å². The first-order valence-electron chi connectivity index (χ1n) is 15.4. The number of rotatable bonds is 13. The minimum absolute atomic E-state index is 0.0546. The van der Waals surface area contributed by atoms with E-state index in [-0.39, 0.29) is 36.8 Å². The molecule has 0 radical (unpaired) electrons. The molecule has 7 nitrogen and oxygen atoms in total. The lowest BCUT2D eigenvalue weighted by atomic mass is 9.49. The molecule has 0 aromatic heterocycles. The molecule has 0 heterocycles. The van der Waals surface area contributed by atoms with E-state index < -0.39 is 18.2 Å². The molecule has 8 heteroatoms. The van der Waals surface area contributed by atoms with Gasteiger partial charge in [0, 0.05) is 31.5 Å². The van der Waals surface area contributed by atoms with Crippen molar-refractivity contribution in [3.8, 4) is 5.75 Å². The number of carbonyl (C=O) groups is 2. The fourth-order valence-electron chi connectivity index (χ4n) is 8.41. The first-order chi connectivity index (χ1) is 19.8. The number of nitrogens with one attached hydrogen (secondary N) is 1. The molecule has 5 aliphatic carbocycles. The van der Waals surface area contributed by atoms with Gasteiger partial charge in [-0.25, -0.2) is 0 Å². The lowest BCUT2D eigenvalue weighted by Gasteiger charge is -2.58. The molecule has 5 aliphatic rings. The summed E-state index contributed by atoms with van der Waals surface area (Å²) in [6.45, 7) is 4.43. The smallest absolute Gasteiger partial charge is 0.247 e. The van der Waals surface area contributed by atoms with E-state index in [1.807, 2.05) is 35.2 Å². The fraction of sp³-hybridized carbons (Fsp3) is 0.636. The number of halogens is 1. The van der Waals surface area contributed by atoms with Gasteiger partial charge in [0.25, 0.3) is 0 Å². The molecule has 0 saturated heterocycles. The topological polar surface area (TPSA) is 99.1 Å². The van der Waals surface area contributed by atoms with Gasteiger partial charge in [0.05, 0.1) is 16.2 Å². The summed E-state index contributed by atoms with van der Waals surface area (Å²) in [6.07, 6.45) is 12.5. The molecule has 0 aliphatic heterocycles. The van der Waals surface area contributed by atoms with Gasteiger partial charge >= 0.3 is 0 Å². The Bertz CT molecular complexity index is 1100. The Morgan fingerprint density at radius 1 is 1.12 bits per heavy atom. The molecule has 4 bridgehead atoms. The van der Waals surface area contributed by atoms with Gasteiger partial charge in [-0.3, -0.25) is 9.59 Å². The molecule has 3 atom stereocenters. The van der Waals surface area contributed by atoms with Crippen LogP contribution in [0.3, 0.4) is 0 Å². The van der Waals surface area contributed by atoms with Crippen molar-refractivity contribution >= 4 is 34.4 Å². The Balaban J connectivity index is 1.44. The highest BCUT2D eigenvalue weighted by Gasteiger charge is 2.53. The first-order valence-corrected chi connectivity index (χ1v) is 16.5. The van der Waals surface area contributed by atoms with Gasteiger partial charge < -0.3 is 25.2 Å². The summed E-state index contributed by atoms with van der Waals surface area (Å²) in [4.78, 5) is 29.2. The van der Waals surface area contributed by atoms with E-state index in [4.69, 9.17) is 4.74 Å². The maximum atomic E-state index is 14.0. The van der Waals surface area contributed by atoms with E-state index in [0.717, 1.165) is 59.8 Å². The monoisotopic (exact) mass is 676 g/mol.